The second-order valence-corrected chi connectivity index (χ2v) is 6.71. The van der Waals surface area contributed by atoms with Crippen LogP contribution in [0, 0.1) is 15.9 Å². The fraction of sp³-hybridized carbons (Fsp3) is 0.350. The Bertz CT molecular complexity index is 851. The third kappa shape index (κ3) is 4.76. The first-order valence-electron chi connectivity index (χ1n) is 9.20. The normalized spacial score (nSPS) is 15.0. The fourth-order valence-electron chi connectivity index (χ4n) is 3.13. The Morgan fingerprint density at radius 1 is 1.18 bits per heavy atom. The van der Waals surface area contributed by atoms with E-state index in [-0.39, 0.29) is 5.75 Å². The maximum absolute atomic E-state index is 13.4. The summed E-state index contributed by atoms with van der Waals surface area (Å²) in [7, 11) is 0. The number of nitro benzene ring substituents is 1. The van der Waals surface area contributed by atoms with Crippen molar-refractivity contribution in [1.29, 1.82) is 0 Å². The number of anilines is 2. The number of carbonyl (C=O) groups is 1. The Balaban J connectivity index is 1.63. The van der Waals surface area contributed by atoms with E-state index in [0.717, 1.165) is 37.0 Å². The molecule has 1 aliphatic rings. The van der Waals surface area contributed by atoms with Crippen LogP contribution in [0.5, 0.6) is 5.75 Å². The maximum atomic E-state index is 13.4. The second kappa shape index (κ2) is 8.69. The lowest BCUT2D eigenvalue weighted by atomic mass is 10.1. The van der Waals surface area contributed by atoms with Gasteiger partial charge in [0.05, 0.1) is 4.92 Å². The first kappa shape index (κ1) is 19.6. The molecule has 0 spiro atoms. The van der Waals surface area contributed by atoms with Gasteiger partial charge in [-0.15, -0.1) is 0 Å². The van der Waals surface area contributed by atoms with E-state index in [1.807, 2.05) is 12.1 Å². The molecule has 0 saturated carbocycles. The van der Waals surface area contributed by atoms with Crippen LogP contribution in [0.1, 0.15) is 26.2 Å². The Morgan fingerprint density at radius 2 is 1.86 bits per heavy atom. The number of nitrogens with zero attached hydrogens (tertiary/aromatic N) is 2. The predicted octanol–water partition coefficient (Wildman–Crippen LogP) is 4.13. The topological polar surface area (TPSA) is 84.7 Å². The van der Waals surface area contributed by atoms with Gasteiger partial charge in [-0.3, -0.25) is 14.9 Å². The summed E-state index contributed by atoms with van der Waals surface area (Å²) in [6, 6.07) is 10.4. The minimum atomic E-state index is -1.04. The van der Waals surface area contributed by atoms with Crippen molar-refractivity contribution in [3.63, 3.8) is 0 Å². The van der Waals surface area contributed by atoms with E-state index in [0.29, 0.717) is 5.69 Å². The summed E-state index contributed by atoms with van der Waals surface area (Å²) >= 11 is 0. The Labute approximate surface area is 162 Å². The average Bonchev–Trinajstić information content (AvgIpc) is 2.69. The van der Waals surface area contributed by atoms with Crippen LogP contribution in [0.25, 0.3) is 0 Å². The van der Waals surface area contributed by atoms with Gasteiger partial charge in [0.2, 0.25) is 5.75 Å². The molecule has 1 aliphatic heterocycles. The van der Waals surface area contributed by atoms with Gasteiger partial charge in [0, 0.05) is 36.6 Å². The van der Waals surface area contributed by atoms with Gasteiger partial charge in [-0.2, -0.15) is 0 Å². The van der Waals surface area contributed by atoms with E-state index in [1.165, 1.54) is 26.2 Å². The molecule has 1 N–H and O–H groups in total. The SMILES string of the molecule is C[C@H](Oc1cc(F)ccc1[N+](=O)[O-])C(=O)Nc1ccc(N2CCCCC2)cc1. The molecule has 28 heavy (non-hydrogen) atoms. The number of hydrogen-bond donors (Lipinski definition) is 1. The molecule has 0 aromatic heterocycles. The van der Waals surface area contributed by atoms with Gasteiger partial charge in [0.15, 0.2) is 6.10 Å². The monoisotopic (exact) mass is 387 g/mol. The summed E-state index contributed by atoms with van der Waals surface area (Å²) in [5.41, 5.74) is 1.30. The highest BCUT2D eigenvalue weighted by Gasteiger charge is 2.22. The Kier molecular flexibility index (Phi) is 6.08. The number of halogens is 1. The van der Waals surface area contributed by atoms with Crippen molar-refractivity contribution in [3.05, 3.63) is 58.4 Å². The number of nitro groups is 1. The van der Waals surface area contributed by atoms with Crippen LogP contribution in [-0.4, -0.2) is 30.0 Å². The zero-order chi connectivity index (χ0) is 20.1. The summed E-state index contributed by atoms with van der Waals surface area (Å²) in [5, 5.41) is 13.7. The van der Waals surface area contributed by atoms with Crippen molar-refractivity contribution in [2.24, 2.45) is 0 Å². The molecule has 0 bridgehead atoms. The second-order valence-electron chi connectivity index (χ2n) is 6.71. The Hall–Kier alpha value is -3.16. The predicted molar refractivity (Wildman–Crippen MR) is 104 cm³/mol. The zero-order valence-corrected chi connectivity index (χ0v) is 15.6. The third-order valence-electron chi connectivity index (χ3n) is 4.65. The van der Waals surface area contributed by atoms with E-state index >= 15 is 0 Å². The van der Waals surface area contributed by atoms with Gasteiger partial charge in [-0.1, -0.05) is 0 Å². The molecule has 3 rings (SSSR count). The molecule has 0 radical (unpaired) electrons. The number of carbonyl (C=O) groups excluding carboxylic acids is 1. The number of rotatable bonds is 6. The van der Waals surface area contributed by atoms with E-state index in [1.54, 1.807) is 12.1 Å². The smallest absolute Gasteiger partial charge is 0.311 e. The van der Waals surface area contributed by atoms with Crippen LogP contribution in [0.4, 0.5) is 21.5 Å². The summed E-state index contributed by atoms with van der Waals surface area (Å²) < 4.78 is 18.7. The van der Waals surface area contributed by atoms with Crippen LogP contribution in [0.2, 0.25) is 0 Å². The van der Waals surface area contributed by atoms with Crippen LogP contribution >= 0.6 is 0 Å². The minimum Gasteiger partial charge on any atom is -0.474 e. The Morgan fingerprint density at radius 3 is 2.50 bits per heavy atom. The number of ether oxygens (including phenoxy) is 1. The number of amides is 1. The molecule has 1 amide bonds. The maximum Gasteiger partial charge on any atom is 0.311 e. The van der Waals surface area contributed by atoms with Crippen molar-refractivity contribution in [1.82, 2.24) is 0 Å². The van der Waals surface area contributed by atoms with Crippen molar-refractivity contribution >= 4 is 23.0 Å². The van der Waals surface area contributed by atoms with E-state index in [4.69, 9.17) is 4.74 Å². The van der Waals surface area contributed by atoms with Gasteiger partial charge in [0.25, 0.3) is 5.91 Å². The molecule has 2 aromatic carbocycles. The molecular weight excluding hydrogens is 365 g/mol. The number of hydrogen-bond acceptors (Lipinski definition) is 5. The molecular formula is C20H22FN3O4. The minimum absolute atomic E-state index is 0.284. The number of nitrogens with one attached hydrogen (secondary N) is 1. The summed E-state index contributed by atoms with van der Waals surface area (Å²) in [5.74, 6) is -1.45. The third-order valence-corrected chi connectivity index (χ3v) is 4.65. The molecule has 8 heteroatoms. The first-order chi connectivity index (χ1) is 13.4. The molecule has 1 fully saturated rings. The van der Waals surface area contributed by atoms with E-state index in [9.17, 15) is 19.3 Å². The van der Waals surface area contributed by atoms with Crippen LogP contribution in [-0.2, 0) is 4.79 Å². The van der Waals surface area contributed by atoms with Gasteiger partial charge in [-0.25, -0.2) is 4.39 Å². The highest BCUT2D eigenvalue weighted by Crippen LogP contribution is 2.28. The highest BCUT2D eigenvalue weighted by molar-refractivity contribution is 5.94. The number of piperidine rings is 1. The zero-order valence-electron chi connectivity index (χ0n) is 15.6. The summed E-state index contributed by atoms with van der Waals surface area (Å²) in [6.45, 7) is 3.51. The van der Waals surface area contributed by atoms with Gasteiger partial charge >= 0.3 is 5.69 Å². The lowest BCUT2D eigenvalue weighted by Crippen LogP contribution is -2.30. The van der Waals surface area contributed by atoms with Crippen molar-refractivity contribution in [2.45, 2.75) is 32.3 Å². The van der Waals surface area contributed by atoms with Crippen LogP contribution in [0.15, 0.2) is 42.5 Å². The van der Waals surface area contributed by atoms with Crippen molar-refractivity contribution in [2.75, 3.05) is 23.3 Å². The molecule has 0 unspecified atom stereocenters. The molecule has 1 atom stereocenters. The molecule has 2 aromatic rings. The average molecular weight is 387 g/mol. The lowest BCUT2D eigenvalue weighted by molar-refractivity contribution is -0.386. The van der Waals surface area contributed by atoms with Gasteiger partial charge in [0.1, 0.15) is 5.82 Å². The largest absolute Gasteiger partial charge is 0.474 e. The van der Waals surface area contributed by atoms with E-state index < -0.39 is 28.4 Å². The highest BCUT2D eigenvalue weighted by atomic mass is 19.1. The van der Waals surface area contributed by atoms with E-state index in [2.05, 4.69) is 10.2 Å². The summed E-state index contributed by atoms with van der Waals surface area (Å²) in [4.78, 5) is 25.0. The van der Waals surface area contributed by atoms with Gasteiger partial charge in [-0.05, 0) is 56.5 Å². The summed E-state index contributed by atoms with van der Waals surface area (Å²) in [6.07, 6.45) is 2.58. The van der Waals surface area contributed by atoms with Crippen molar-refractivity contribution < 1.29 is 18.8 Å². The quantitative estimate of drug-likeness (QED) is 0.595. The molecule has 0 aliphatic carbocycles. The van der Waals surface area contributed by atoms with Crippen molar-refractivity contribution in [3.8, 4) is 5.75 Å². The molecule has 148 valence electrons. The first-order valence-corrected chi connectivity index (χ1v) is 9.20. The standard InChI is InChI=1S/C20H22FN3O4/c1-14(28-19-13-15(21)5-10-18(19)24(26)27)20(25)22-16-6-8-17(9-7-16)23-11-3-2-4-12-23/h5-10,13-14H,2-4,11-12H2,1H3,(H,22,25)/t14-/m0/s1. The molecule has 7 nitrogen and oxygen atoms in total. The van der Waals surface area contributed by atoms with Crippen LogP contribution < -0.4 is 15.0 Å². The lowest BCUT2D eigenvalue weighted by Gasteiger charge is -2.28. The number of benzene rings is 2. The van der Waals surface area contributed by atoms with Crippen LogP contribution in [0.3, 0.4) is 0 Å². The molecule has 1 saturated heterocycles. The molecule has 1 heterocycles. The van der Waals surface area contributed by atoms with Gasteiger partial charge < -0.3 is 15.0 Å². The fourth-order valence-corrected chi connectivity index (χ4v) is 3.13.